The third-order valence-electron chi connectivity index (χ3n) is 3.44. The van der Waals surface area contributed by atoms with E-state index in [2.05, 4.69) is 0 Å². The lowest BCUT2D eigenvalue weighted by Crippen LogP contribution is -2.44. The largest absolute Gasteiger partial charge is 0.345 e. The van der Waals surface area contributed by atoms with Gasteiger partial charge in [0.15, 0.2) is 0 Å². The fourth-order valence-electron chi connectivity index (χ4n) is 2.27. The number of carbonyl (C=O) groups excluding carboxylic acids is 1. The van der Waals surface area contributed by atoms with Crippen LogP contribution in [0.2, 0.25) is 0 Å². The molecule has 0 saturated heterocycles. The van der Waals surface area contributed by atoms with Gasteiger partial charge in [-0.3, -0.25) is 4.79 Å². The minimum absolute atomic E-state index is 0. The molecule has 0 aromatic rings. The zero-order valence-corrected chi connectivity index (χ0v) is 11.5. The summed E-state index contributed by atoms with van der Waals surface area (Å²) >= 11 is 0. The summed E-state index contributed by atoms with van der Waals surface area (Å²) < 4.78 is 0. The van der Waals surface area contributed by atoms with Gasteiger partial charge in [-0.05, 0) is 32.6 Å². The van der Waals surface area contributed by atoms with Crippen LogP contribution in [0, 0.1) is 11.3 Å². The van der Waals surface area contributed by atoms with Crippen LogP contribution in [0.15, 0.2) is 0 Å². The maximum atomic E-state index is 12.0. The molecular weight excluding hydrogens is 224 g/mol. The van der Waals surface area contributed by atoms with Gasteiger partial charge in [-0.1, -0.05) is 12.8 Å². The van der Waals surface area contributed by atoms with Gasteiger partial charge in [0.2, 0.25) is 5.91 Å². The molecule has 2 N–H and O–H groups in total. The third-order valence-corrected chi connectivity index (χ3v) is 3.44. The van der Waals surface area contributed by atoms with Gasteiger partial charge in [0.1, 0.15) is 0 Å². The topological polar surface area (TPSA) is 46.3 Å². The Morgan fingerprint density at radius 2 is 1.88 bits per heavy atom. The zero-order chi connectivity index (χ0) is 11.5. The Balaban J connectivity index is 0.00000225. The van der Waals surface area contributed by atoms with Crippen LogP contribution < -0.4 is 5.73 Å². The van der Waals surface area contributed by atoms with E-state index in [9.17, 15) is 4.79 Å². The van der Waals surface area contributed by atoms with E-state index in [-0.39, 0.29) is 18.3 Å². The van der Waals surface area contributed by atoms with E-state index in [4.69, 9.17) is 5.73 Å². The molecule has 1 aliphatic carbocycles. The predicted molar refractivity (Wildman–Crippen MR) is 69.7 cm³/mol. The molecule has 0 radical (unpaired) electrons. The Kier molecular flexibility index (Phi) is 6.34. The van der Waals surface area contributed by atoms with Crippen molar-refractivity contribution >= 4 is 18.3 Å². The molecule has 96 valence electrons. The monoisotopic (exact) mass is 248 g/mol. The van der Waals surface area contributed by atoms with Crippen LogP contribution in [-0.4, -0.2) is 30.9 Å². The summed E-state index contributed by atoms with van der Waals surface area (Å²) in [5, 5.41) is 0. The minimum Gasteiger partial charge on any atom is -0.345 e. The van der Waals surface area contributed by atoms with Crippen molar-refractivity contribution in [1.82, 2.24) is 4.90 Å². The lowest BCUT2D eigenvalue weighted by molar-refractivity contribution is -0.139. The van der Waals surface area contributed by atoms with Gasteiger partial charge in [0.25, 0.3) is 0 Å². The van der Waals surface area contributed by atoms with Gasteiger partial charge in [0, 0.05) is 20.1 Å². The highest BCUT2D eigenvalue weighted by Gasteiger charge is 2.30. The number of nitrogens with two attached hydrogens (primary N) is 1. The van der Waals surface area contributed by atoms with E-state index >= 15 is 0 Å². The first-order valence-corrected chi connectivity index (χ1v) is 5.93. The second kappa shape index (κ2) is 6.45. The Hall–Kier alpha value is -0.280. The predicted octanol–water partition coefficient (Wildman–Crippen LogP) is 2.04. The molecule has 4 heteroatoms. The van der Waals surface area contributed by atoms with Gasteiger partial charge in [0.05, 0.1) is 5.41 Å². The van der Waals surface area contributed by atoms with Crippen molar-refractivity contribution in [2.45, 2.75) is 39.5 Å². The fourth-order valence-corrected chi connectivity index (χ4v) is 2.27. The molecule has 1 aliphatic rings. The summed E-state index contributed by atoms with van der Waals surface area (Å²) in [6.45, 7) is 5.16. The molecule has 1 rings (SSSR count). The van der Waals surface area contributed by atoms with Crippen LogP contribution in [0.3, 0.4) is 0 Å². The second-order valence-corrected chi connectivity index (χ2v) is 5.42. The van der Waals surface area contributed by atoms with Crippen molar-refractivity contribution in [1.29, 1.82) is 0 Å². The number of amides is 1. The highest BCUT2D eigenvalue weighted by Crippen LogP contribution is 2.26. The minimum atomic E-state index is -0.409. The van der Waals surface area contributed by atoms with Crippen LogP contribution in [0.4, 0.5) is 0 Å². The molecular formula is C12H25ClN2O. The average Bonchev–Trinajstić information content (AvgIpc) is 2.69. The second-order valence-electron chi connectivity index (χ2n) is 5.42. The molecule has 3 nitrogen and oxygen atoms in total. The number of nitrogens with zero attached hydrogens (tertiary/aromatic N) is 1. The van der Waals surface area contributed by atoms with Crippen molar-refractivity contribution in [3.05, 3.63) is 0 Å². The number of halogens is 1. The Morgan fingerprint density at radius 1 is 1.38 bits per heavy atom. The quantitative estimate of drug-likeness (QED) is 0.828. The molecule has 0 atom stereocenters. The van der Waals surface area contributed by atoms with Gasteiger partial charge < -0.3 is 10.6 Å². The van der Waals surface area contributed by atoms with Crippen LogP contribution >= 0.6 is 12.4 Å². The summed E-state index contributed by atoms with van der Waals surface area (Å²) in [6, 6.07) is 0. The maximum Gasteiger partial charge on any atom is 0.229 e. The molecule has 0 aliphatic heterocycles. The molecule has 0 unspecified atom stereocenters. The molecule has 0 aromatic heterocycles. The first-order chi connectivity index (χ1) is 6.97. The SMILES string of the molecule is CN(CC1CCCC1)C(=O)C(C)(C)CN.Cl. The molecule has 1 amide bonds. The van der Waals surface area contributed by atoms with Crippen LogP contribution in [0.1, 0.15) is 39.5 Å². The molecule has 0 heterocycles. The normalized spacial score (nSPS) is 17.0. The number of hydrogen-bond acceptors (Lipinski definition) is 2. The number of hydrogen-bond donors (Lipinski definition) is 1. The fraction of sp³-hybridized carbons (Fsp3) is 0.917. The summed E-state index contributed by atoms with van der Waals surface area (Å²) in [4.78, 5) is 13.9. The lowest BCUT2D eigenvalue weighted by atomic mass is 9.91. The molecule has 1 fully saturated rings. The molecule has 16 heavy (non-hydrogen) atoms. The highest BCUT2D eigenvalue weighted by atomic mass is 35.5. The maximum absolute atomic E-state index is 12.0. The summed E-state index contributed by atoms with van der Waals surface area (Å²) in [5.41, 5.74) is 5.20. The summed E-state index contributed by atoms with van der Waals surface area (Å²) in [5.74, 6) is 0.893. The van der Waals surface area contributed by atoms with Crippen LogP contribution in [0.5, 0.6) is 0 Å². The number of carbonyl (C=O) groups is 1. The Morgan fingerprint density at radius 3 is 2.31 bits per heavy atom. The molecule has 0 bridgehead atoms. The van der Waals surface area contributed by atoms with E-state index in [1.165, 1.54) is 25.7 Å². The highest BCUT2D eigenvalue weighted by molar-refractivity contribution is 5.85. The Bertz CT molecular complexity index is 225. The standard InChI is InChI=1S/C12H24N2O.ClH/c1-12(2,9-13)11(15)14(3)8-10-6-4-5-7-10;/h10H,4-9,13H2,1-3H3;1H. The first-order valence-electron chi connectivity index (χ1n) is 5.93. The van der Waals surface area contributed by atoms with E-state index in [0.29, 0.717) is 12.5 Å². The number of rotatable bonds is 4. The van der Waals surface area contributed by atoms with E-state index in [1.807, 2.05) is 25.8 Å². The first kappa shape index (κ1) is 15.7. The van der Waals surface area contributed by atoms with Crippen molar-refractivity contribution in [3.8, 4) is 0 Å². The van der Waals surface area contributed by atoms with Gasteiger partial charge in [-0.15, -0.1) is 12.4 Å². The Labute approximate surface area is 105 Å². The van der Waals surface area contributed by atoms with Crippen LogP contribution in [-0.2, 0) is 4.79 Å². The van der Waals surface area contributed by atoms with Gasteiger partial charge >= 0.3 is 0 Å². The molecule has 1 saturated carbocycles. The lowest BCUT2D eigenvalue weighted by Gasteiger charge is -2.29. The molecule has 0 aromatic carbocycles. The van der Waals surface area contributed by atoms with E-state index < -0.39 is 5.41 Å². The zero-order valence-electron chi connectivity index (χ0n) is 10.7. The van der Waals surface area contributed by atoms with E-state index in [1.54, 1.807) is 0 Å². The van der Waals surface area contributed by atoms with Crippen molar-refractivity contribution in [3.63, 3.8) is 0 Å². The van der Waals surface area contributed by atoms with E-state index in [0.717, 1.165) is 6.54 Å². The third kappa shape index (κ3) is 3.95. The summed E-state index contributed by atoms with van der Waals surface area (Å²) in [7, 11) is 1.90. The van der Waals surface area contributed by atoms with Gasteiger partial charge in [-0.2, -0.15) is 0 Å². The average molecular weight is 249 g/mol. The van der Waals surface area contributed by atoms with Crippen molar-refractivity contribution in [2.75, 3.05) is 20.1 Å². The molecule has 0 spiro atoms. The van der Waals surface area contributed by atoms with Gasteiger partial charge in [-0.25, -0.2) is 0 Å². The smallest absolute Gasteiger partial charge is 0.229 e. The van der Waals surface area contributed by atoms with Crippen LogP contribution in [0.25, 0.3) is 0 Å². The van der Waals surface area contributed by atoms with Crippen molar-refractivity contribution in [2.24, 2.45) is 17.1 Å². The summed E-state index contributed by atoms with van der Waals surface area (Å²) in [6.07, 6.45) is 5.21. The van der Waals surface area contributed by atoms with Crippen molar-refractivity contribution < 1.29 is 4.79 Å².